The summed E-state index contributed by atoms with van der Waals surface area (Å²) in [6.07, 6.45) is 1.57. The first-order valence-electron chi connectivity index (χ1n) is 6.72. The average Bonchev–Trinajstić information content (AvgIpc) is 2.48. The monoisotopic (exact) mass is 288 g/mol. The zero-order valence-electron chi connectivity index (χ0n) is 12.4. The standard InChI is InChI=1S/C15H20N4O2/c1-10(2)21-12-6-4-5-11(7-12)15(19-16)13-8-14(20-3)18-9-17-13/h4-10,15,19H,16H2,1-3H3. The van der Waals surface area contributed by atoms with Crippen LogP contribution < -0.4 is 20.7 Å². The first kappa shape index (κ1) is 15.2. The molecule has 6 heteroatoms. The summed E-state index contributed by atoms with van der Waals surface area (Å²) < 4.78 is 10.8. The highest BCUT2D eigenvalue weighted by Gasteiger charge is 2.16. The van der Waals surface area contributed by atoms with Gasteiger partial charge in [0.1, 0.15) is 12.1 Å². The van der Waals surface area contributed by atoms with Crippen molar-refractivity contribution in [2.75, 3.05) is 7.11 Å². The van der Waals surface area contributed by atoms with Crippen molar-refractivity contribution in [2.24, 2.45) is 5.84 Å². The molecule has 0 saturated heterocycles. The quantitative estimate of drug-likeness (QED) is 0.623. The highest BCUT2D eigenvalue weighted by atomic mass is 16.5. The van der Waals surface area contributed by atoms with Gasteiger partial charge >= 0.3 is 0 Å². The largest absolute Gasteiger partial charge is 0.491 e. The van der Waals surface area contributed by atoms with Crippen molar-refractivity contribution in [3.8, 4) is 11.6 Å². The predicted molar refractivity (Wildman–Crippen MR) is 80.0 cm³/mol. The summed E-state index contributed by atoms with van der Waals surface area (Å²) in [6, 6.07) is 9.23. The van der Waals surface area contributed by atoms with Gasteiger partial charge in [-0.1, -0.05) is 12.1 Å². The Morgan fingerprint density at radius 2 is 2.00 bits per heavy atom. The Labute approximate surface area is 124 Å². The summed E-state index contributed by atoms with van der Waals surface area (Å²) in [5.74, 6) is 6.98. The van der Waals surface area contributed by atoms with Crippen LogP contribution in [0.4, 0.5) is 0 Å². The van der Waals surface area contributed by atoms with E-state index in [1.807, 2.05) is 38.1 Å². The Morgan fingerprint density at radius 3 is 2.67 bits per heavy atom. The van der Waals surface area contributed by atoms with E-state index in [1.54, 1.807) is 13.2 Å². The number of nitrogens with one attached hydrogen (secondary N) is 1. The molecule has 0 fully saturated rings. The number of hydrazine groups is 1. The zero-order chi connectivity index (χ0) is 15.2. The molecule has 1 unspecified atom stereocenters. The van der Waals surface area contributed by atoms with Crippen molar-refractivity contribution in [3.63, 3.8) is 0 Å². The smallest absolute Gasteiger partial charge is 0.216 e. The number of nitrogens with two attached hydrogens (primary N) is 1. The topological polar surface area (TPSA) is 82.3 Å². The molecule has 21 heavy (non-hydrogen) atoms. The lowest BCUT2D eigenvalue weighted by Crippen LogP contribution is -2.29. The van der Waals surface area contributed by atoms with Gasteiger partial charge in [0.2, 0.25) is 5.88 Å². The maximum Gasteiger partial charge on any atom is 0.216 e. The molecule has 0 aliphatic heterocycles. The highest BCUT2D eigenvalue weighted by molar-refractivity contribution is 5.35. The van der Waals surface area contributed by atoms with Crippen LogP contribution in [0, 0.1) is 0 Å². The third-order valence-electron chi connectivity index (χ3n) is 2.90. The minimum atomic E-state index is -0.266. The molecule has 0 bridgehead atoms. The lowest BCUT2D eigenvalue weighted by atomic mass is 10.0. The van der Waals surface area contributed by atoms with Crippen molar-refractivity contribution < 1.29 is 9.47 Å². The summed E-state index contributed by atoms with van der Waals surface area (Å²) in [5, 5.41) is 0. The molecule has 112 valence electrons. The van der Waals surface area contributed by atoms with Crippen molar-refractivity contribution in [1.82, 2.24) is 15.4 Å². The summed E-state index contributed by atoms with van der Waals surface area (Å²) in [4.78, 5) is 8.25. The third-order valence-corrected chi connectivity index (χ3v) is 2.90. The number of aromatic nitrogens is 2. The van der Waals surface area contributed by atoms with Crippen LogP contribution in [0.15, 0.2) is 36.7 Å². The molecular formula is C15H20N4O2. The predicted octanol–water partition coefficient (Wildman–Crippen LogP) is 1.83. The SMILES string of the molecule is COc1cc(C(NN)c2cccc(OC(C)C)c2)ncn1. The normalized spacial score (nSPS) is 12.2. The molecule has 0 amide bonds. The van der Waals surface area contributed by atoms with Crippen LogP contribution in [-0.2, 0) is 0 Å². The van der Waals surface area contributed by atoms with E-state index in [1.165, 1.54) is 6.33 Å². The second kappa shape index (κ2) is 7.01. The number of ether oxygens (including phenoxy) is 2. The molecule has 2 aromatic rings. The van der Waals surface area contributed by atoms with Crippen LogP contribution in [-0.4, -0.2) is 23.2 Å². The number of hydrogen-bond donors (Lipinski definition) is 2. The van der Waals surface area contributed by atoms with E-state index in [0.29, 0.717) is 5.88 Å². The number of rotatable bonds is 6. The Bertz CT molecular complexity index is 589. The van der Waals surface area contributed by atoms with Gasteiger partial charge in [0.05, 0.1) is 24.9 Å². The first-order chi connectivity index (χ1) is 10.1. The van der Waals surface area contributed by atoms with Crippen LogP contribution in [0.3, 0.4) is 0 Å². The Hall–Kier alpha value is -2.18. The minimum Gasteiger partial charge on any atom is -0.491 e. The van der Waals surface area contributed by atoms with Crippen LogP contribution >= 0.6 is 0 Å². The van der Waals surface area contributed by atoms with Crippen molar-refractivity contribution in [2.45, 2.75) is 26.0 Å². The lowest BCUT2D eigenvalue weighted by molar-refractivity contribution is 0.242. The highest BCUT2D eigenvalue weighted by Crippen LogP contribution is 2.25. The van der Waals surface area contributed by atoms with Gasteiger partial charge in [-0.25, -0.2) is 15.4 Å². The van der Waals surface area contributed by atoms with E-state index in [0.717, 1.165) is 17.0 Å². The fourth-order valence-electron chi connectivity index (χ4n) is 2.01. The van der Waals surface area contributed by atoms with E-state index in [-0.39, 0.29) is 12.1 Å². The van der Waals surface area contributed by atoms with Gasteiger partial charge in [-0.15, -0.1) is 0 Å². The molecule has 0 aliphatic carbocycles. The number of benzene rings is 1. The molecule has 1 aromatic carbocycles. The number of hydrogen-bond acceptors (Lipinski definition) is 6. The van der Waals surface area contributed by atoms with Gasteiger partial charge in [0.15, 0.2) is 0 Å². The summed E-state index contributed by atoms with van der Waals surface area (Å²) in [6.45, 7) is 3.97. The van der Waals surface area contributed by atoms with Gasteiger partial charge in [-0.3, -0.25) is 5.84 Å². The molecule has 0 saturated carbocycles. The van der Waals surface area contributed by atoms with Gasteiger partial charge in [-0.05, 0) is 31.5 Å². The summed E-state index contributed by atoms with van der Waals surface area (Å²) in [7, 11) is 1.56. The van der Waals surface area contributed by atoms with Crippen molar-refractivity contribution >= 4 is 0 Å². The lowest BCUT2D eigenvalue weighted by Gasteiger charge is -2.18. The van der Waals surface area contributed by atoms with Gasteiger partial charge in [0, 0.05) is 6.07 Å². The average molecular weight is 288 g/mol. The van der Waals surface area contributed by atoms with E-state index < -0.39 is 0 Å². The molecule has 2 rings (SSSR count). The molecule has 1 atom stereocenters. The van der Waals surface area contributed by atoms with Crippen LogP contribution in [0.5, 0.6) is 11.6 Å². The van der Waals surface area contributed by atoms with Crippen LogP contribution in [0.1, 0.15) is 31.1 Å². The molecule has 0 spiro atoms. The fourth-order valence-corrected chi connectivity index (χ4v) is 2.01. The summed E-state index contributed by atoms with van der Waals surface area (Å²) in [5.41, 5.74) is 4.45. The number of methoxy groups -OCH3 is 1. The van der Waals surface area contributed by atoms with E-state index >= 15 is 0 Å². The van der Waals surface area contributed by atoms with Gasteiger partial charge in [0.25, 0.3) is 0 Å². The van der Waals surface area contributed by atoms with Crippen molar-refractivity contribution in [1.29, 1.82) is 0 Å². The number of nitrogens with zero attached hydrogens (tertiary/aromatic N) is 2. The van der Waals surface area contributed by atoms with Crippen LogP contribution in [0.25, 0.3) is 0 Å². The van der Waals surface area contributed by atoms with E-state index in [2.05, 4.69) is 15.4 Å². The Kier molecular flexibility index (Phi) is 5.08. The minimum absolute atomic E-state index is 0.115. The van der Waals surface area contributed by atoms with E-state index in [4.69, 9.17) is 15.3 Å². The molecular weight excluding hydrogens is 268 g/mol. The molecule has 0 aliphatic rings. The van der Waals surface area contributed by atoms with Crippen LogP contribution in [0.2, 0.25) is 0 Å². The maximum absolute atomic E-state index is 5.70. The zero-order valence-corrected chi connectivity index (χ0v) is 12.4. The summed E-state index contributed by atoms with van der Waals surface area (Å²) >= 11 is 0. The Morgan fingerprint density at radius 1 is 1.19 bits per heavy atom. The fraction of sp³-hybridized carbons (Fsp3) is 0.333. The first-order valence-corrected chi connectivity index (χ1v) is 6.72. The van der Waals surface area contributed by atoms with Gasteiger partial charge in [-0.2, -0.15) is 0 Å². The second-order valence-electron chi connectivity index (χ2n) is 4.82. The van der Waals surface area contributed by atoms with E-state index in [9.17, 15) is 0 Å². The molecule has 0 radical (unpaired) electrons. The van der Waals surface area contributed by atoms with Gasteiger partial charge < -0.3 is 9.47 Å². The molecule has 1 aromatic heterocycles. The maximum atomic E-state index is 5.70. The molecule has 6 nitrogen and oxygen atoms in total. The van der Waals surface area contributed by atoms with Crippen molar-refractivity contribution in [3.05, 3.63) is 47.9 Å². The Balaban J connectivity index is 2.32. The third kappa shape index (κ3) is 3.90. The molecule has 3 N–H and O–H groups in total. The second-order valence-corrected chi connectivity index (χ2v) is 4.82. The molecule has 1 heterocycles.